The predicted octanol–water partition coefficient (Wildman–Crippen LogP) is 3.07. The molecule has 1 aromatic carbocycles. The molecule has 1 amide bonds. The van der Waals surface area contributed by atoms with Gasteiger partial charge in [-0.3, -0.25) is 4.79 Å². The highest BCUT2D eigenvalue weighted by Crippen LogP contribution is 2.30. The van der Waals surface area contributed by atoms with Crippen molar-refractivity contribution in [1.29, 1.82) is 0 Å². The lowest BCUT2D eigenvalue weighted by molar-refractivity contribution is -0.898. The van der Waals surface area contributed by atoms with Crippen molar-refractivity contribution >= 4 is 27.5 Å². The second-order valence-corrected chi connectivity index (χ2v) is 9.01. The second kappa shape index (κ2) is 8.98. The molecule has 0 spiro atoms. The van der Waals surface area contributed by atoms with Crippen LogP contribution in [0.3, 0.4) is 0 Å². The van der Waals surface area contributed by atoms with Crippen molar-refractivity contribution < 1.29 is 9.69 Å². The molecule has 4 rings (SSSR count). The number of hydrogen-bond acceptors (Lipinski definition) is 3. The van der Waals surface area contributed by atoms with Crippen molar-refractivity contribution in [2.45, 2.75) is 50.9 Å². The van der Waals surface area contributed by atoms with E-state index in [2.05, 4.69) is 35.7 Å². The standard InChI is InChI=1S/C22H29N3OS/c26-21(23-13-12-17-7-2-1-3-8-17)16-25-14-6-9-18(15-25)22-24-19-10-4-5-11-20(19)27-22/h4-5,7,10-11,18H,1-3,6,8-9,12-16H2,(H,23,26)/p+1/t18-/m0/s1. The van der Waals surface area contributed by atoms with Crippen LogP contribution in [0.5, 0.6) is 0 Å². The number of carbonyl (C=O) groups is 1. The van der Waals surface area contributed by atoms with Crippen molar-refractivity contribution in [2.24, 2.45) is 0 Å². The van der Waals surface area contributed by atoms with Crippen LogP contribution in [0.25, 0.3) is 10.2 Å². The van der Waals surface area contributed by atoms with Gasteiger partial charge in [-0.2, -0.15) is 0 Å². The molecule has 0 bridgehead atoms. The summed E-state index contributed by atoms with van der Waals surface area (Å²) >= 11 is 1.82. The van der Waals surface area contributed by atoms with Crippen molar-refractivity contribution in [2.75, 3.05) is 26.2 Å². The fourth-order valence-electron chi connectivity index (χ4n) is 4.37. The molecule has 2 N–H and O–H groups in total. The first-order valence-corrected chi connectivity index (χ1v) is 11.2. The number of fused-ring (bicyclic) bond motifs is 1. The quantitative estimate of drug-likeness (QED) is 0.752. The van der Waals surface area contributed by atoms with E-state index in [1.54, 1.807) is 0 Å². The molecule has 1 unspecified atom stereocenters. The third-order valence-corrected chi connectivity index (χ3v) is 7.04. The Morgan fingerprint density at radius 1 is 1.26 bits per heavy atom. The lowest BCUT2D eigenvalue weighted by atomic mass is 9.97. The van der Waals surface area contributed by atoms with Crippen LogP contribution >= 0.6 is 11.3 Å². The number of amides is 1. The molecule has 0 saturated carbocycles. The van der Waals surface area contributed by atoms with Gasteiger partial charge in [-0.05, 0) is 57.1 Å². The molecular weight excluding hydrogens is 354 g/mol. The summed E-state index contributed by atoms with van der Waals surface area (Å²) in [6.07, 6.45) is 10.8. The zero-order valence-corrected chi connectivity index (χ0v) is 16.8. The largest absolute Gasteiger partial charge is 0.351 e. The molecule has 0 radical (unpaired) electrons. The van der Waals surface area contributed by atoms with Crippen molar-refractivity contribution in [3.63, 3.8) is 0 Å². The summed E-state index contributed by atoms with van der Waals surface area (Å²) in [4.78, 5) is 18.6. The number of hydrogen-bond donors (Lipinski definition) is 2. The zero-order valence-electron chi connectivity index (χ0n) is 16.0. The summed E-state index contributed by atoms with van der Waals surface area (Å²) in [5.74, 6) is 0.692. The van der Waals surface area contributed by atoms with E-state index >= 15 is 0 Å². The van der Waals surface area contributed by atoms with Gasteiger partial charge in [0.2, 0.25) is 0 Å². The summed E-state index contributed by atoms with van der Waals surface area (Å²) in [7, 11) is 0. The fraction of sp³-hybridized carbons (Fsp3) is 0.545. The number of rotatable bonds is 6. The van der Waals surface area contributed by atoms with Crippen molar-refractivity contribution in [1.82, 2.24) is 10.3 Å². The molecule has 27 heavy (non-hydrogen) atoms. The molecule has 144 valence electrons. The maximum Gasteiger partial charge on any atom is 0.275 e. The van der Waals surface area contributed by atoms with Crippen LogP contribution in [-0.2, 0) is 4.79 Å². The average Bonchev–Trinajstić information content (AvgIpc) is 3.13. The van der Waals surface area contributed by atoms with E-state index in [1.165, 1.54) is 58.7 Å². The third kappa shape index (κ3) is 4.96. The molecule has 2 aromatic rings. The van der Waals surface area contributed by atoms with E-state index < -0.39 is 0 Å². The van der Waals surface area contributed by atoms with Gasteiger partial charge in [-0.1, -0.05) is 23.8 Å². The molecule has 1 saturated heterocycles. The lowest BCUT2D eigenvalue weighted by Crippen LogP contribution is -3.14. The maximum atomic E-state index is 12.4. The van der Waals surface area contributed by atoms with Gasteiger partial charge in [0.25, 0.3) is 5.91 Å². The van der Waals surface area contributed by atoms with Crippen LogP contribution in [0.15, 0.2) is 35.9 Å². The highest BCUT2D eigenvalue weighted by Gasteiger charge is 2.28. The number of thiazole rings is 1. The smallest absolute Gasteiger partial charge is 0.275 e. The highest BCUT2D eigenvalue weighted by molar-refractivity contribution is 7.18. The first-order valence-electron chi connectivity index (χ1n) is 10.4. The number of nitrogens with zero attached hydrogens (tertiary/aromatic N) is 1. The summed E-state index contributed by atoms with van der Waals surface area (Å²) in [6, 6.07) is 8.38. The van der Waals surface area contributed by atoms with Gasteiger partial charge >= 0.3 is 0 Å². The number of likely N-dealkylation sites (tertiary alicyclic amines) is 1. The summed E-state index contributed by atoms with van der Waals surface area (Å²) < 4.78 is 1.27. The Balaban J connectivity index is 1.26. The number of benzene rings is 1. The minimum absolute atomic E-state index is 0.200. The van der Waals surface area contributed by atoms with E-state index in [4.69, 9.17) is 4.98 Å². The molecule has 2 heterocycles. The Bertz CT molecular complexity index is 780. The van der Waals surface area contributed by atoms with E-state index in [0.717, 1.165) is 31.6 Å². The monoisotopic (exact) mass is 384 g/mol. The number of aromatic nitrogens is 1. The topological polar surface area (TPSA) is 46.4 Å². The van der Waals surface area contributed by atoms with E-state index in [-0.39, 0.29) is 5.91 Å². The van der Waals surface area contributed by atoms with Gasteiger partial charge in [0.15, 0.2) is 6.54 Å². The minimum Gasteiger partial charge on any atom is -0.351 e. The number of carbonyl (C=O) groups excluding carboxylic acids is 1. The third-order valence-electron chi connectivity index (χ3n) is 5.84. The molecule has 2 aliphatic rings. The molecule has 2 atom stereocenters. The molecule has 4 nitrogen and oxygen atoms in total. The summed E-state index contributed by atoms with van der Waals surface area (Å²) in [5.41, 5.74) is 2.64. The van der Waals surface area contributed by atoms with Crippen LogP contribution in [0.1, 0.15) is 55.9 Å². The lowest BCUT2D eigenvalue weighted by Gasteiger charge is -2.28. The SMILES string of the molecule is O=C(C[NH+]1CCC[C@H](c2nc3ccccc3s2)C1)NCCC1=CCCCC1. The van der Waals surface area contributed by atoms with Gasteiger partial charge in [0.05, 0.1) is 29.2 Å². The van der Waals surface area contributed by atoms with Gasteiger partial charge in [0.1, 0.15) is 5.01 Å². The minimum atomic E-state index is 0.200. The average molecular weight is 385 g/mol. The first kappa shape index (κ1) is 18.6. The van der Waals surface area contributed by atoms with Crippen LogP contribution in [0, 0.1) is 0 Å². The van der Waals surface area contributed by atoms with E-state index in [0.29, 0.717) is 12.5 Å². The van der Waals surface area contributed by atoms with E-state index in [1.807, 2.05) is 11.3 Å². The van der Waals surface area contributed by atoms with Gasteiger partial charge in [-0.15, -0.1) is 11.3 Å². The molecular formula is C22H30N3OS+. The highest BCUT2D eigenvalue weighted by atomic mass is 32.1. The van der Waals surface area contributed by atoms with Crippen LogP contribution in [-0.4, -0.2) is 37.1 Å². The fourth-order valence-corrected chi connectivity index (χ4v) is 5.47. The Morgan fingerprint density at radius 2 is 2.19 bits per heavy atom. The Labute approximate surface area is 165 Å². The maximum absolute atomic E-state index is 12.4. The second-order valence-electron chi connectivity index (χ2n) is 7.95. The number of para-hydroxylation sites is 1. The Morgan fingerprint density at radius 3 is 3.04 bits per heavy atom. The van der Waals surface area contributed by atoms with Crippen LogP contribution in [0.4, 0.5) is 0 Å². The number of allylic oxidation sites excluding steroid dienone is 1. The van der Waals surface area contributed by atoms with E-state index in [9.17, 15) is 4.79 Å². The summed E-state index contributed by atoms with van der Waals surface area (Å²) in [5, 5.41) is 4.39. The van der Waals surface area contributed by atoms with Crippen molar-refractivity contribution in [3.8, 4) is 0 Å². The Hall–Kier alpha value is -1.72. The molecule has 5 heteroatoms. The van der Waals surface area contributed by atoms with Gasteiger partial charge in [0, 0.05) is 6.54 Å². The summed E-state index contributed by atoms with van der Waals surface area (Å²) in [6.45, 7) is 3.51. The van der Waals surface area contributed by atoms with Gasteiger partial charge < -0.3 is 10.2 Å². The predicted molar refractivity (Wildman–Crippen MR) is 111 cm³/mol. The molecule has 1 fully saturated rings. The zero-order chi connectivity index (χ0) is 18.5. The molecule has 1 aliphatic heterocycles. The number of piperidine rings is 1. The molecule has 1 aromatic heterocycles. The van der Waals surface area contributed by atoms with Crippen LogP contribution in [0.2, 0.25) is 0 Å². The van der Waals surface area contributed by atoms with Gasteiger partial charge in [-0.25, -0.2) is 4.98 Å². The molecule has 1 aliphatic carbocycles. The number of nitrogens with one attached hydrogen (secondary N) is 2. The van der Waals surface area contributed by atoms with Crippen LogP contribution < -0.4 is 10.2 Å². The Kier molecular flexibility index (Phi) is 6.20. The van der Waals surface area contributed by atoms with Crippen molar-refractivity contribution in [3.05, 3.63) is 40.9 Å². The first-order chi connectivity index (χ1) is 13.3. The normalized spacial score (nSPS) is 23.2. The number of quaternary nitrogens is 1.